The zero-order valence-corrected chi connectivity index (χ0v) is 19.1. The van der Waals surface area contributed by atoms with E-state index in [0.29, 0.717) is 0 Å². The predicted octanol–water partition coefficient (Wildman–Crippen LogP) is 9.10. The maximum Gasteiger partial charge on any atom is 0.124 e. The van der Waals surface area contributed by atoms with E-state index in [1.807, 2.05) is 24.3 Å². The van der Waals surface area contributed by atoms with Gasteiger partial charge in [-0.05, 0) is 63.7 Å². The van der Waals surface area contributed by atoms with Gasteiger partial charge in [-0.25, -0.2) is 9.37 Å². The quantitative estimate of drug-likeness (QED) is 0.257. The Morgan fingerprint density at radius 1 is 0.471 bits per heavy atom. The Kier molecular flexibility index (Phi) is 5.25. The normalized spacial score (nSPS) is 11.1. The topological polar surface area (TPSA) is 12.9 Å². The van der Waals surface area contributed by atoms with Crippen LogP contribution in [0.15, 0.2) is 121 Å². The van der Waals surface area contributed by atoms with E-state index in [1.165, 1.54) is 21.9 Å². The molecule has 0 N–H and O–H groups in total. The Balaban J connectivity index is 1.26. The van der Waals surface area contributed by atoms with Gasteiger partial charge in [-0.2, -0.15) is 0 Å². The van der Waals surface area contributed by atoms with Gasteiger partial charge < -0.3 is 0 Å². The lowest BCUT2D eigenvalue weighted by atomic mass is 9.97. The zero-order valence-electron chi connectivity index (χ0n) is 18.3. The first-order valence-corrected chi connectivity index (χ1v) is 12.0. The zero-order chi connectivity index (χ0) is 22.9. The highest BCUT2D eigenvalue weighted by molar-refractivity contribution is 7.21. The molecule has 0 aliphatic carbocycles. The molecule has 0 saturated heterocycles. The van der Waals surface area contributed by atoms with E-state index in [-0.39, 0.29) is 5.82 Å². The van der Waals surface area contributed by atoms with Crippen LogP contribution in [0.4, 0.5) is 4.39 Å². The van der Waals surface area contributed by atoms with Crippen LogP contribution >= 0.6 is 11.3 Å². The van der Waals surface area contributed by atoms with Gasteiger partial charge in [-0.15, -0.1) is 11.3 Å². The Bertz CT molecular complexity index is 1560. The summed E-state index contributed by atoms with van der Waals surface area (Å²) in [6.45, 7) is 0. The second-order valence-electron chi connectivity index (χ2n) is 8.23. The first-order valence-electron chi connectivity index (χ1n) is 11.2. The van der Waals surface area contributed by atoms with Gasteiger partial charge in [0.05, 0.1) is 10.2 Å². The van der Waals surface area contributed by atoms with Crippen molar-refractivity contribution in [1.82, 2.24) is 4.98 Å². The molecule has 1 aromatic heterocycles. The number of fused-ring (bicyclic) bond motifs is 1. The summed E-state index contributed by atoms with van der Waals surface area (Å²) in [5.74, 6) is -0.218. The van der Waals surface area contributed by atoms with Gasteiger partial charge in [0.2, 0.25) is 0 Å². The summed E-state index contributed by atoms with van der Waals surface area (Å²) in [5, 5.41) is 1.04. The minimum absolute atomic E-state index is 0.218. The van der Waals surface area contributed by atoms with Crippen molar-refractivity contribution in [3.05, 3.63) is 127 Å². The summed E-state index contributed by atoms with van der Waals surface area (Å²) in [4.78, 5) is 4.80. The molecular weight excluding hydrogens is 437 g/mol. The molecule has 3 heteroatoms. The highest BCUT2D eigenvalue weighted by atomic mass is 32.1. The van der Waals surface area contributed by atoms with Crippen molar-refractivity contribution in [2.75, 3.05) is 0 Å². The highest BCUT2D eigenvalue weighted by Crippen LogP contribution is 2.33. The van der Waals surface area contributed by atoms with E-state index in [4.69, 9.17) is 4.98 Å². The molecule has 162 valence electrons. The lowest BCUT2D eigenvalue weighted by molar-refractivity contribution is 0.628. The molecule has 0 bridgehead atoms. The minimum Gasteiger partial charge on any atom is -0.236 e. The van der Waals surface area contributed by atoms with Gasteiger partial charge in [-0.1, -0.05) is 91.0 Å². The highest BCUT2D eigenvalue weighted by Gasteiger charge is 2.08. The van der Waals surface area contributed by atoms with Crippen molar-refractivity contribution in [2.24, 2.45) is 0 Å². The largest absolute Gasteiger partial charge is 0.236 e. The van der Waals surface area contributed by atoms with Crippen LogP contribution < -0.4 is 0 Å². The first-order chi connectivity index (χ1) is 16.7. The monoisotopic (exact) mass is 457 g/mol. The molecule has 1 nitrogen and oxygen atoms in total. The van der Waals surface area contributed by atoms with Crippen LogP contribution in [-0.4, -0.2) is 4.98 Å². The van der Waals surface area contributed by atoms with Crippen molar-refractivity contribution in [3.8, 4) is 44.0 Å². The third kappa shape index (κ3) is 4.02. The molecule has 0 atom stereocenters. The number of nitrogens with zero attached hydrogens (tertiary/aromatic N) is 1. The van der Waals surface area contributed by atoms with Crippen LogP contribution in [0.25, 0.3) is 54.2 Å². The molecule has 0 radical (unpaired) electrons. The van der Waals surface area contributed by atoms with Gasteiger partial charge in [0, 0.05) is 5.56 Å². The van der Waals surface area contributed by atoms with E-state index in [0.717, 1.165) is 38.3 Å². The van der Waals surface area contributed by atoms with Crippen molar-refractivity contribution in [1.29, 1.82) is 0 Å². The van der Waals surface area contributed by atoms with Crippen LogP contribution in [0.3, 0.4) is 0 Å². The summed E-state index contributed by atoms with van der Waals surface area (Å²) >= 11 is 1.72. The molecule has 0 aliphatic heterocycles. The average molecular weight is 458 g/mol. The van der Waals surface area contributed by atoms with Crippen LogP contribution in [0.2, 0.25) is 0 Å². The van der Waals surface area contributed by atoms with Gasteiger partial charge in [-0.3, -0.25) is 0 Å². The summed E-state index contributed by atoms with van der Waals surface area (Å²) in [6, 6.07) is 40.4. The molecule has 0 unspecified atom stereocenters. The van der Waals surface area contributed by atoms with Gasteiger partial charge >= 0.3 is 0 Å². The fourth-order valence-electron chi connectivity index (χ4n) is 4.21. The van der Waals surface area contributed by atoms with E-state index in [9.17, 15) is 4.39 Å². The first kappa shape index (κ1) is 20.5. The van der Waals surface area contributed by atoms with Gasteiger partial charge in [0.15, 0.2) is 0 Å². The van der Waals surface area contributed by atoms with Crippen LogP contribution in [-0.2, 0) is 0 Å². The standard InChI is InChI=1S/C31H20FNS/c32-28-8-4-6-26(20-28)24-17-13-22(14-18-24)21-11-15-23(16-12-21)25-5-3-7-27(19-25)31-33-29-9-1-2-10-30(29)34-31/h1-20H. The van der Waals surface area contributed by atoms with E-state index >= 15 is 0 Å². The van der Waals surface area contributed by atoms with Crippen molar-refractivity contribution >= 4 is 21.6 Å². The van der Waals surface area contributed by atoms with E-state index in [1.54, 1.807) is 23.5 Å². The molecule has 34 heavy (non-hydrogen) atoms. The van der Waals surface area contributed by atoms with Crippen LogP contribution in [0.5, 0.6) is 0 Å². The van der Waals surface area contributed by atoms with Crippen molar-refractivity contribution in [2.45, 2.75) is 0 Å². The number of hydrogen-bond acceptors (Lipinski definition) is 2. The van der Waals surface area contributed by atoms with E-state index < -0.39 is 0 Å². The van der Waals surface area contributed by atoms with Crippen LogP contribution in [0.1, 0.15) is 0 Å². The SMILES string of the molecule is Fc1cccc(-c2ccc(-c3ccc(-c4cccc(-c5nc6ccccc6s5)c4)cc3)cc2)c1. The maximum atomic E-state index is 13.5. The third-order valence-corrected chi connectivity index (χ3v) is 7.08. The molecule has 0 saturated carbocycles. The van der Waals surface area contributed by atoms with Gasteiger partial charge in [0.25, 0.3) is 0 Å². The van der Waals surface area contributed by atoms with Crippen molar-refractivity contribution in [3.63, 3.8) is 0 Å². The summed E-state index contributed by atoms with van der Waals surface area (Å²) in [7, 11) is 0. The fraction of sp³-hybridized carbons (Fsp3) is 0. The molecule has 6 aromatic rings. The molecule has 0 spiro atoms. The maximum absolute atomic E-state index is 13.5. The number of thiazole rings is 1. The molecule has 0 amide bonds. The number of benzene rings is 5. The minimum atomic E-state index is -0.218. The molecular formula is C31H20FNS. The fourth-order valence-corrected chi connectivity index (χ4v) is 5.17. The summed E-state index contributed by atoms with van der Waals surface area (Å²) in [5.41, 5.74) is 8.69. The second-order valence-corrected chi connectivity index (χ2v) is 9.26. The summed E-state index contributed by atoms with van der Waals surface area (Å²) in [6.07, 6.45) is 0. The number of hydrogen-bond donors (Lipinski definition) is 0. The number of para-hydroxylation sites is 1. The Labute approximate surface area is 201 Å². The van der Waals surface area contributed by atoms with Gasteiger partial charge in [0.1, 0.15) is 10.8 Å². The summed E-state index contributed by atoms with van der Waals surface area (Å²) < 4.78 is 14.7. The molecule has 6 rings (SSSR count). The van der Waals surface area contributed by atoms with E-state index in [2.05, 4.69) is 78.9 Å². The second kappa shape index (κ2) is 8.69. The number of halogens is 1. The Morgan fingerprint density at radius 3 is 1.62 bits per heavy atom. The lowest BCUT2D eigenvalue weighted by Crippen LogP contribution is -1.83. The molecule has 0 aliphatic rings. The molecule has 0 fully saturated rings. The third-order valence-electron chi connectivity index (χ3n) is 6.00. The van der Waals surface area contributed by atoms with Crippen LogP contribution in [0, 0.1) is 5.82 Å². The number of aromatic nitrogens is 1. The molecule has 5 aromatic carbocycles. The molecule has 1 heterocycles. The smallest absolute Gasteiger partial charge is 0.124 e. The lowest BCUT2D eigenvalue weighted by Gasteiger charge is -2.08. The Hall–Kier alpha value is -4.08. The average Bonchev–Trinajstić information content (AvgIpc) is 3.34. The number of rotatable bonds is 4. The Morgan fingerprint density at radius 2 is 1.00 bits per heavy atom. The predicted molar refractivity (Wildman–Crippen MR) is 141 cm³/mol. The van der Waals surface area contributed by atoms with Crippen molar-refractivity contribution < 1.29 is 4.39 Å².